The van der Waals surface area contributed by atoms with Crippen LogP contribution in [0, 0.1) is 13.8 Å². The minimum absolute atomic E-state index is 0.249. The van der Waals surface area contributed by atoms with Crippen LogP contribution in [0.3, 0.4) is 0 Å². The quantitative estimate of drug-likeness (QED) is 0.752. The number of aromatic nitrogens is 2. The molecule has 1 aliphatic heterocycles. The van der Waals surface area contributed by atoms with Gasteiger partial charge in [-0.3, -0.25) is 4.79 Å². The van der Waals surface area contributed by atoms with Crippen molar-refractivity contribution in [3.63, 3.8) is 0 Å². The lowest BCUT2D eigenvalue weighted by molar-refractivity contribution is 0.102. The molecule has 0 radical (unpaired) electrons. The highest BCUT2D eigenvalue weighted by atomic mass is 16.1. The van der Waals surface area contributed by atoms with Gasteiger partial charge in [0, 0.05) is 17.4 Å². The van der Waals surface area contributed by atoms with Crippen molar-refractivity contribution in [3.8, 4) is 0 Å². The third kappa shape index (κ3) is 3.16. The molecule has 0 spiro atoms. The van der Waals surface area contributed by atoms with E-state index in [1.54, 1.807) is 12.4 Å². The van der Waals surface area contributed by atoms with Crippen molar-refractivity contribution in [2.45, 2.75) is 33.2 Å². The number of nitrogens with zero attached hydrogens (tertiary/aromatic N) is 3. The minimum atomic E-state index is -0.249. The molecule has 3 aromatic rings. The first-order valence-electron chi connectivity index (χ1n) is 9.11. The molecule has 1 N–H and O–H groups in total. The molecule has 5 heteroatoms. The maximum atomic E-state index is 12.6. The molecule has 1 atom stereocenters. The van der Waals surface area contributed by atoms with E-state index in [2.05, 4.69) is 45.3 Å². The van der Waals surface area contributed by atoms with E-state index in [1.165, 1.54) is 5.56 Å². The molecule has 27 heavy (non-hydrogen) atoms. The number of hydrogen-bond donors (Lipinski definition) is 1. The van der Waals surface area contributed by atoms with Crippen molar-refractivity contribution in [1.29, 1.82) is 0 Å². The van der Waals surface area contributed by atoms with Gasteiger partial charge in [-0.15, -0.1) is 0 Å². The molecular weight excluding hydrogens is 336 g/mol. The molecule has 1 aliphatic rings. The zero-order valence-electron chi connectivity index (χ0n) is 15.7. The Bertz CT molecular complexity index is 977. The van der Waals surface area contributed by atoms with Gasteiger partial charge < -0.3 is 10.2 Å². The zero-order valence-corrected chi connectivity index (χ0v) is 15.7. The molecule has 0 saturated heterocycles. The van der Waals surface area contributed by atoms with Gasteiger partial charge in [0.25, 0.3) is 5.91 Å². The molecule has 2 aromatic carbocycles. The predicted molar refractivity (Wildman–Crippen MR) is 108 cm³/mol. The lowest BCUT2D eigenvalue weighted by atomic mass is 10.1. The molecule has 1 unspecified atom stereocenters. The van der Waals surface area contributed by atoms with E-state index >= 15 is 0 Å². The summed E-state index contributed by atoms with van der Waals surface area (Å²) in [6.45, 7) is 6.12. The van der Waals surface area contributed by atoms with Gasteiger partial charge in [0.15, 0.2) is 5.82 Å². The number of amides is 1. The van der Waals surface area contributed by atoms with E-state index < -0.39 is 0 Å². The summed E-state index contributed by atoms with van der Waals surface area (Å²) in [5, 5.41) is 2.95. The molecule has 0 aliphatic carbocycles. The van der Waals surface area contributed by atoms with Crippen LogP contribution in [0.15, 0.2) is 54.9 Å². The normalized spacial score (nSPS) is 15.5. The Hall–Kier alpha value is -3.21. The molecule has 1 amide bonds. The van der Waals surface area contributed by atoms with Gasteiger partial charge in [0.05, 0.1) is 12.4 Å². The van der Waals surface area contributed by atoms with E-state index in [1.807, 2.05) is 38.1 Å². The number of anilines is 3. The maximum Gasteiger partial charge on any atom is 0.275 e. The Morgan fingerprint density at radius 2 is 1.78 bits per heavy atom. The van der Waals surface area contributed by atoms with Crippen molar-refractivity contribution >= 4 is 23.1 Å². The fourth-order valence-corrected chi connectivity index (χ4v) is 3.67. The van der Waals surface area contributed by atoms with Crippen molar-refractivity contribution in [2.24, 2.45) is 0 Å². The lowest BCUT2D eigenvalue weighted by Crippen LogP contribution is -2.25. The highest BCUT2D eigenvalue weighted by Crippen LogP contribution is 2.36. The second-order valence-electron chi connectivity index (χ2n) is 7.03. The van der Waals surface area contributed by atoms with Gasteiger partial charge in [-0.2, -0.15) is 0 Å². The monoisotopic (exact) mass is 358 g/mol. The smallest absolute Gasteiger partial charge is 0.275 e. The molecule has 2 heterocycles. The topological polar surface area (TPSA) is 58.1 Å². The average molecular weight is 358 g/mol. The van der Waals surface area contributed by atoms with Crippen LogP contribution in [0.4, 0.5) is 17.2 Å². The first-order chi connectivity index (χ1) is 13.0. The van der Waals surface area contributed by atoms with Crippen LogP contribution in [-0.4, -0.2) is 21.9 Å². The van der Waals surface area contributed by atoms with Crippen molar-refractivity contribution in [2.75, 3.05) is 10.2 Å². The van der Waals surface area contributed by atoms with Crippen LogP contribution in [0.25, 0.3) is 0 Å². The third-order valence-electron chi connectivity index (χ3n) is 5.04. The van der Waals surface area contributed by atoms with Crippen molar-refractivity contribution in [3.05, 3.63) is 77.2 Å². The zero-order chi connectivity index (χ0) is 19.0. The summed E-state index contributed by atoms with van der Waals surface area (Å²) in [5.41, 5.74) is 5.65. The van der Waals surface area contributed by atoms with Crippen LogP contribution in [-0.2, 0) is 6.42 Å². The molecular formula is C22H22N4O. The molecule has 1 aromatic heterocycles. The molecule has 0 bridgehead atoms. The van der Waals surface area contributed by atoms with Crippen LogP contribution in [0.5, 0.6) is 0 Å². The Morgan fingerprint density at radius 3 is 2.48 bits per heavy atom. The van der Waals surface area contributed by atoms with Gasteiger partial charge in [-0.1, -0.05) is 36.4 Å². The van der Waals surface area contributed by atoms with Gasteiger partial charge in [-0.05, 0) is 49.9 Å². The van der Waals surface area contributed by atoms with Crippen LogP contribution in [0.1, 0.15) is 34.1 Å². The summed E-state index contributed by atoms with van der Waals surface area (Å²) in [6, 6.07) is 14.6. The number of rotatable bonds is 3. The van der Waals surface area contributed by atoms with E-state index in [4.69, 9.17) is 0 Å². The SMILES string of the molecule is Cc1cccc(C)c1NC(=O)c1cnc(N2c3ccccc3CC2C)cn1. The van der Waals surface area contributed by atoms with Crippen molar-refractivity contribution in [1.82, 2.24) is 9.97 Å². The van der Waals surface area contributed by atoms with Gasteiger partial charge in [0.2, 0.25) is 0 Å². The predicted octanol–water partition coefficient (Wildman–Crippen LogP) is 4.43. The van der Waals surface area contributed by atoms with Crippen LogP contribution in [0.2, 0.25) is 0 Å². The average Bonchev–Trinajstić information content (AvgIpc) is 3.00. The molecule has 0 fully saturated rings. The summed E-state index contributed by atoms with van der Waals surface area (Å²) < 4.78 is 0. The van der Waals surface area contributed by atoms with Gasteiger partial charge >= 0.3 is 0 Å². The first kappa shape index (κ1) is 17.2. The second kappa shape index (κ2) is 6.83. The molecule has 4 rings (SSSR count). The fourth-order valence-electron chi connectivity index (χ4n) is 3.67. The number of aryl methyl sites for hydroxylation is 2. The molecule has 5 nitrogen and oxygen atoms in total. The number of nitrogens with one attached hydrogen (secondary N) is 1. The lowest BCUT2D eigenvalue weighted by Gasteiger charge is -2.23. The maximum absolute atomic E-state index is 12.6. The highest BCUT2D eigenvalue weighted by molar-refractivity contribution is 6.03. The first-order valence-corrected chi connectivity index (χ1v) is 9.11. The fraction of sp³-hybridized carbons (Fsp3) is 0.227. The number of benzene rings is 2. The second-order valence-corrected chi connectivity index (χ2v) is 7.03. The summed E-state index contributed by atoms with van der Waals surface area (Å²) in [5.74, 6) is 0.511. The minimum Gasteiger partial charge on any atom is -0.322 e. The largest absolute Gasteiger partial charge is 0.322 e. The number of carbonyl (C=O) groups is 1. The van der Waals surface area contributed by atoms with E-state index in [-0.39, 0.29) is 5.91 Å². The summed E-state index contributed by atoms with van der Waals surface area (Å²) in [6.07, 6.45) is 4.21. The van der Waals surface area contributed by atoms with E-state index in [9.17, 15) is 4.79 Å². The van der Waals surface area contributed by atoms with E-state index in [0.29, 0.717) is 11.7 Å². The Balaban J connectivity index is 1.57. The standard InChI is InChI=1S/C22H22N4O/c1-14-7-6-8-15(2)21(14)25-22(27)18-12-24-20(13-23-18)26-16(3)11-17-9-4-5-10-19(17)26/h4-10,12-13,16H,11H2,1-3H3,(H,25,27). The van der Waals surface area contributed by atoms with Gasteiger partial charge in [-0.25, -0.2) is 9.97 Å². The number of carbonyl (C=O) groups excluding carboxylic acids is 1. The summed E-state index contributed by atoms with van der Waals surface area (Å²) in [7, 11) is 0. The highest BCUT2D eigenvalue weighted by Gasteiger charge is 2.28. The van der Waals surface area contributed by atoms with E-state index in [0.717, 1.165) is 34.7 Å². The number of fused-ring (bicyclic) bond motifs is 1. The summed E-state index contributed by atoms with van der Waals surface area (Å²) in [4.78, 5) is 23.7. The van der Waals surface area contributed by atoms with Gasteiger partial charge in [0.1, 0.15) is 5.69 Å². The Morgan fingerprint density at radius 1 is 1.04 bits per heavy atom. The van der Waals surface area contributed by atoms with Crippen LogP contribution >= 0.6 is 0 Å². The van der Waals surface area contributed by atoms with Crippen LogP contribution < -0.4 is 10.2 Å². The Labute approximate surface area is 159 Å². The number of hydrogen-bond acceptors (Lipinski definition) is 4. The number of para-hydroxylation sites is 2. The van der Waals surface area contributed by atoms with Crippen molar-refractivity contribution < 1.29 is 4.79 Å². The third-order valence-corrected chi connectivity index (χ3v) is 5.04. The molecule has 0 saturated carbocycles. The summed E-state index contributed by atoms with van der Waals surface area (Å²) >= 11 is 0. The molecule has 136 valence electrons. The Kier molecular flexibility index (Phi) is 4.36.